The summed E-state index contributed by atoms with van der Waals surface area (Å²) < 4.78 is 18.7. The highest BCUT2D eigenvalue weighted by Gasteiger charge is 2.19. The summed E-state index contributed by atoms with van der Waals surface area (Å²) in [7, 11) is 1.44. The van der Waals surface area contributed by atoms with Crippen LogP contribution in [-0.2, 0) is 6.54 Å². The molecule has 21 heavy (non-hydrogen) atoms. The maximum Gasteiger partial charge on any atom is 0.292 e. The monoisotopic (exact) mass is 286 g/mol. The fraction of sp³-hybridized carbons (Fsp3) is 0.250. The number of rotatable bonds is 5. The maximum absolute atomic E-state index is 13.7. The van der Waals surface area contributed by atoms with Gasteiger partial charge >= 0.3 is 0 Å². The Morgan fingerprint density at radius 2 is 2.19 bits per heavy atom. The van der Waals surface area contributed by atoms with Gasteiger partial charge in [-0.05, 0) is 36.8 Å². The normalized spacial score (nSPS) is 10.0. The second-order valence-electron chi connectivity index (χ2n) is 4.53. The molecule has 2 aromatic rings. The minimum atomic E-state index is -0.386. The highest BCUT2D eigenvalue weighted by atomic mass is 19.1. The van der Waals surface area contributed by atoms with E-state index in [-0.39, 0.29) is 11.6 Å². The Hall–Kier alpha value is -2.61. The van der Waals surface area contributed by atoms with Crippen molar-refractivity contribution in [2.75, 3.05) is 18.6 Å². The average molecular weight is 286 g/mol. The van der Waals surface area contributed by atoms with Gasteiger partial charge in [-0.25, -0.2) is 9.37 Å². The molecule has 0 amide bonds. The number of anilines is 1. The van der Waals surface area contributed by atoms with Crippen LogP contribution in [0.3, 0.4) is 0 Å². The Labute approximate surface area is 123 Å². The van der Waals surface area contributed by atoms with Gasteiger partial charge < -0.3 is 4.74 Å². The van der Waals surface area contributed by atoms with Crippen molar-refractivity contribution in [1.29, 1.82) is 5.26 Å². The van der Waals surface area contributed by atoms with Gasteiger partial charge in [0.25, 0.3) is 5.82 Å². The quantitative estimate of drug-likeness (QED) is 0.848. The van der Waals surface area contributed by atoms with E-state index in [9.17, 15) is 4.39 Å². The van der Waals surface area contributed by atoms with E-state index in [1.807, 2.05) is 17.9 Å². The summed E-state index contributed by atoms with van der Waals surface area (Å²) in [6.07, 6.45) is 1.77. The summed E-state index contributed by atoms with van der Waals surface area (Å²) in [6, 6.07) is 10.6. The second kappa shape index (κ2) is 6.71. The lowest BCUT2D eigenvalue weighted by molar-refractivity contribution is -0.364. The van der Waals surface area contributed by atoms with Crippen molar-refractivity contribution in [3.63, 3.8) is 0 Å². The third kappa shape index (κ3) is 3.29. The van der Waals surface area contributed by atoms with Crippen LogP contribution in [0.4, 0.5) is 10.2 Å². The third-order valence-corrected chi connectivity index (χ3v) is 3.24. The van der Waals surface area contributed by atoms with Crippen molar-refractivity contribution in [3.8, 4) is 11.8 Å². The standard InChI is InChI=1S/C16H16FN3O/c1-3-20(16-13(10-18)5-4-8-19-16)11-12-6-7-15(21-2)14(17)9-12/h4-9H,3,11H2,1-2H3/p+1. The fourth-order valence-electron chi connectivity index (χ4n) is 2.16. The molecule has 0 unspecified atom stereocenters. The predicted octanol–water partition coefficient (Wildman–Crippen LogP) is 2.55. The number of methoxy groups -OCH3 is 1. The van der Waals surface area contributed by atoms with Gasteiger partial charge in [0.2, 0.25) is 0 Å². The molecule has 4 nitrogen and oxygen atoms in total. The Bertz CT molecular complexity index is 667. The van der Waals surface area contributed by atoms with Crippen molar-refractivity contribution in [2.24, 2.45) is 0 Å². The molecule has 0 aliphatic rings. The number of ether oxygens (including phenoxy) is 1. The molecule has 108 valence electrons. The van der Waals surface area contributed by atoms with Gasteiger partial charge in [-0.3, -0.25) is 4.90 Å². The smallest absolute Gasteiger partial charge is 0.292 e. The van der Waals surface area contributed by atoms with Gasteiger partial charge in [-0.15, -0.1) is 0 Å². The molecule has 0 bridgehead atoms. The molecule has 1 N–H and O–H groups in total. The largest absolute Gasteiger partial charge is 0.494 e. The van der Waals surface area contributed by atoms with E-state index in [1.54, 1.807) is 24.4 Å². The number of halogens is 1. The number of nitriles is 1. The molecule has 0 atom stereocenters. The van der Waals surface area contributed by atoms with E-state index >= 15 is 0 Å². The number of nitrogens with one attached hydrogen (secondary N) is 1. The minimum absolute atomic E-state index is 0.228. The number of nitrogens with zero attached hydrogens (tertiary/aromatic N) is 2. The van der Waals surface area contributed by atoms with E-state index in [1.165, 1.54) is 13.2 Å². The molecule has 5 heteroatoms. The van der Waals surface area contributed by atoms with Gasteiger partial charge in [0.15, 0.2) is 11.6 Å². The molecule has 0 fully saturated rings. The van der Waals surface area contributed by atoms with Crippen molar-refractivity contribution in [1.82, 2.24) is 0 Å². The predicted molar refractivity (Wildman–Crippen MR) is 77.4 cm³/mol. The lowest BCUT2D eigenvalue weighted by atomic mass is 10.1. The minimum Gasteiger partial charge on any atom is -0.494 e. The summed E-state index contributed by atoms with van der Waals surface area (Å²) in [5.74, 6) is 0.577. The number of hydrogen-bond acceptors (Lipinski definition) is 3. The number of aromatic amines is 1. The molecule has 0 aliphatic heterocycles. The molecule has 0 saturated heterocycles. The molecular formula is C16H17FN3O+. The number of pyridine rings is 1. The zero-order valence-corrected chi connectivity index (χ0v) is 12.1. The summed E-state index contributed by atoms with van der Waals surface area (Å²) >= 11 is 0. The van der Waals surface area contributed by atoms with Crippen LogP contribution < -0.4 is 14.6 Å². The number of benzene rings is 1. The zero-order valence-electron chi connectivity index (χ0n) is 12.1. The zero-order chi connectivity index (χ0) is 15.2. The lowest BCUT2D eigenvalue weighted by Gasteiger charge is -2.16. The average Bonchev–Trinajstić information content (AvgIpc) is 2.52. The third-order valence-electron chi connectivity index (χ3n) is 3.24. The second-order valence-corrected chi connectivity index (χ2v) is 4.53. The van der Waals surface area contributed by atoms with Gasteiger partial charge in [0.1, 0.15) is 18.2 Å². The summed E-state index contributed by atoms with van der Waals surface area (Å²) in [5, 5.41) is 9.17. The molecule has 0 spiro atoms. The van der Waals surface area contributed by atoms with Crippen LogP contribution in [0.5, 0.6) is 5.75 Å². The molecule has 2 rings (SSSR count). The highest BCUT2D eigenvalue weighted by Crippen LogP contribution is 2.21. The molecular weight excluding hydrogens is 269 g/mol. The van der Waals surface area contributed by atoms with Crippen LogP contribution in [0.25, 0.3) is 0 Å². The molecule has 1 aromatic heterocycles. The molecule has 1 aromatic carbocycles. The first-order chi connectivity index (χ1) is 10.2. The van der Waals surface area contributed by atoms with Crippen molar-refractivity contribution < 1.29 is 14.1 Å². The highest BCUT2D eigenvalue weighted by molar-refractivity contribution is 5.50. The van der Waals surface area contributed by atoms with Crippen LogP contribution >= 0.6 is 0 Å². The van der Waals surface area contributed by atoms with Gasteiger partial charge in [-0.2, -0.15) is 5.26 Å². The first-order valence-corrected chi connectivity index (χ1v) is 6.67. The molecule has 1 heterocycles. The summed E-state index contributed by atoms with van der Waals surface area (Å²) in [5.41, 5.74) is 1.38. The van der Waals surface area contributed by atoms with Crippen molar-refractivity contribution >= 4 is 5.82 Å². The van der Waals surface area contributed by atoms with Crippen LogP contribution in [0.2, 0.25) is 0 Å². The first kappa shape index (κ1) is 14.8. The summed E-state index contributed by atoms with van der Waals surface area (Å²) in [4.78, 5) is 5.07. The van der Waals surface area contributed by atoms with Gasteiger partial charge in [0.05, 0.1) is 19.9 Å². The van der Waals surface area contributed by atoms with Crippen LogP contribution in [0.1, 0.15) is 18.1 Å². The Morgan fingerprint density at radius 1 is 1.38 bits per heavy atom. The molecule has 0 aliphatic carbocycles. The van der Waals surface area contributed by atoms with E-state index in [0.717, 1.165) is 11.4 Å². The van der Waals surface area contributed by atoms with Crippen molar-refractivity contribution in [3.05, 3.63) is 53.5 Å². The van der Waals surface area contributed by atoms with E-state index < -0.39 is 0 Å². The van der Waals surface area contributed by atoms with Crippen LogP contribution in [-0.4, -0.2) is 13.7 Å². The number of aromatic nitrogens is 1. The van der Waals surface area contributed by atoms with Gasteiger partial charge in [0, 0.05) is 0 Å². The topological polar surface area (TPSA) is 50.4 Å². The number of H-pyrrole nitrogens is 1. The van der Waals surface area contributed by atoms with Crippen molar-refractivity contribution in [2.45, 2.75) is 13.5 Å². The Kier molecular flexibility index (Phi) is 4.72. The summed E-state index contributed by atoms with van der Waals surface area (Å²) in [6.45, 7) is 3.19. The Morgan fingerprint density at radius 3 is 2.81 bits per heavy atom. The van der Waals surface area contributed by atoms with E-state index in [2.05, 4.69) is 11.1 Å². The maximum atomic E-state index is 13.7. The van der Waals surface area contributed by atoms with Crippen LogP contribution in [0.15, 0.2) is 36.5 Å². The van der Waals surface area contributed by atoms with E-state index in [4.69, 9.17) is 10.00 Å². The first-order valence-electron chi connectivity index (χ1n) is 6.67. The Balaban J connectivity index is 2.27. The molecule has 0 saturated carbocycles. The fourth-order valence-corrected chi connectivity index (χ4v) is 2.16. The van der Waals surface area contributed by atoms with Crippen LogP contribution in [0, 0.1) is 17.1 Å². The van der Waals surface area contributed by atoms with Gasteiger partial charge in [-0.1, -0.05) is 6.07 Å². The number of hydrogen-bond donors (Lipinski definition) is 0. The van der Waals surface area contributed by atoms with E-state index in [0.29, 0.717) is 18.7 Å². The molecule has 0 radical (unpaired) electrons. The SMILES string of the molecule is CCN(Cc1ccc(OC)c(F)c1)c1[nH+]cccc1C#N. The lowest BCUT2D eigenvalue weighted by Crippen LogP contribution is -2.29.